The normalized spacial score (nSPS) is 14.9. The van der Waals surface area contributed by atoms with Gasteiger partial charge in [0, 0.05) is 18.7 Å². The van der Waals surface area contributed by atoms with Crippen LogP contribution in [0, 0.1) is 11.3 Å². The number of hydrogen-bond donors (Lipinski definition) is 1. The number of carbonyl (C=O) groups is 2. The van der Waals surface area contributed by atoms with Crippen LogP contribution in [0.1, 0.15) is 24.5 Å². The van der Waals surface area contributed by atoms with Gasteiger partial charge in [-0.1, -0.05) is 47.4 Å². The smallest absolute Gasteiger partial charge is 0.267 e. The molecule has 8 nitrogen and oxygen atoms in total. The summed E-state index contributed by atoms with van der Waals surface area (Å²) in [6.45, 7) is 1.94. The fourth-order valence-electron chi connectivity index (χ4n) is 3.12. The minimum absolute atomic E-state index is 0.125. The highest BCUT2D eigenvalue weighted by molar-refractivity contribution is 8.00. The molecular formula is C22H19N5O3S2. The van der Waals surface area contributed by atoms with Crippen LogP contribution >= 0.6 is 23.1 Å². The van der Waals surface area contributed by atoms with E-state index in [0.29, 0.717) is 27.9 Å². The zero-order valence-electron chi connectivity index (χ0n) is 17.1. The molecule has 2 aromatic carbocycles. The number of fused-ring (bicyclic) bond motifs is 1. The van der Waals surface area contributed by atoms with Gasteiger partial charge in [-0.2, -0.15) is 5.26 Å². The van der Waals surface area contributed by atoms with Crippen LogP contribution in [0.15, 0.2) is 52.9 Å². The molecule has 0 saturated heterocycles. The molecule has 2 amide bonds. The Morgan fingerprint density at radius 1 is 1.25 bits per heavy atom. The molecule has 0 bridgehead atoms. The number of nitriles is 1. The van der Waals surface area contributed by atoms with E-state index in [4.69, 9.17) is 10.00 Å². The quantitative estimate of drug-likeness (QED) is 0.417. The summed E-state index contributed by atoms with van der Waals surface area (Å²) in [5.41, 5.74) is 2.36. The summed E-state index contributed by atoms with van der Waals surface area (Å²) in [5.74, 6) is 0.904. The van der Waals surface area contributed by atoms with Crippen LogP contribution in [0.25, 0.3) is 0 Å². The number of carbonyl (C=O) groups excluding carboxylic acids is 2. The predicted octanol–water partition coefficient (Wildman–Crippen LogP) is 3.84. The van der Waals surface area contributed by atoms with Crippen molar-refractivity contribution in [3.8, 4) is 11.8 Å². The molecule has 1 aromatic heterocycles. The molecule has 0 radical (unpaired) electrons. The number of amides is 2. The Balaban J connectivity index is 1.30. The third-order valence-electron chi connectivity index (χ3n) is 4.73. The largest absolute Gasteiger partial charge is 0.479 e. The minimum Gasteiger partial charge on any atom is -0.479 e. The van der Waals surface area contributed by atoms with Crippen molar-refractivity contribution < 1.29 is 14.3 Å². The van der Waals surface area contributed by atoms with E-state index in [-0.39, 0.29) is 24.8 Å². The summed E-state index contributed by atoms with van der Waals surface area (Å²) in [7, 11) is 0. The number of nitrogens with zero attached hydrogens (tertiary/aromatic N) is 4. The van der Waals surface area contributed by atoms with E-state index < -0.39 is 6.10 Å². The molecular weight excluding hydrogens is 446 g/mol. The van der Waals surface area contributed by atoms with E-state index in [9.17, 15) is 9.59 Å². The average molecular weight is 466 g/mol. The fourth-order valence-corrected chi connectivity index (χ4v) is 4.85. The topological polar surface area (TPSA) is 108 Å². The first-order valence-corrected chi connectivity index (χ1v) is 11.7. The number of anilines is 2. The number of rotatable bonds is 7. The van der Waals surface area contributed by atoms with Gasteiger partial charge >= 0.3 is 0 Å². The molecule has 1 N–H and O–H groups in total. The Bertz CT molecular complexity index is 1170. The molecule has 0 spiro atoms. The van der Waals surface area contributed by atoms with Crippen LogP contribution in [0.3, 0.4) is 0 Å². The second kappa shape index (κ2) is 9.80. The van der Waals surface area contributed by atoms with Crippen LogP contribution in [-0.4, -0.2) is 34.7 Å². The fraction of sp³-hybridized carbons (Fsp3) is 0.227. The van der Waals surface area contributed by atoms with E-state index in [2.05, 4.69) is 21.6 Å². The molecule has 10 heteroatoms. The maximum absolute atomic E-state index is 12.5. The summed E-state index contributed by atoms with van der Waals surface area (Å²) in [4.78, 5) is 26.5. The molecule has 1 aliphatic heterocycles. The third-order valence-corrected chi connectivity index (χ3v) is 6.78. The average Bonchev–Trinajstić information content (AvgIpc) is 3.25. The van der Waals surface area contributed by atoms with Crippen LogP contribution < -0.4 is 15.0 Å². The zero-order valence-corrected chi connectivity index (χ0v) is 18.8. The minimum atomic E-state index is -0.591. The summed E-state index contributed by atoms with van der Waals surface area (Å²) in [6, 6.07) is 16.7. The maximum Gasteiger partial charge on any atom is 0.267 e. The molecule has 1 atom stereocenters. The van der Waals surface area contributed by atoms with Crippen molar-refractivity contribution in [3.05, 3.63) is 59.7 Å². The molecule has 3 aromatic rings. The Morgan fingerprint density at radius 2 is 2.03 bits per heavy atom. The van der Waals surface area contributed by atoms with Gasteiger partial charge in [0.05, 0.1) is 17.3 Å². The number of benzene rings is 2. The van der Waals surface area contributed by atoms with Crippen molar-refractivity contribution in [1.29, 1.82) is 5.26 Å². The zero-order chi connectivity index (χ0) is 22.5. The van der Waals surface area contributed by atoms with E-state index in [1.807, 2.05) is 30.3 Å². The van der Waals surface area contributed by atoms with Crippen LogP contribution in [0.2, 0.25) is 0 Å². The first-order valence-electron chi connectivity index (χ1n) is 9.86. The first kappa shape index (κ1) is 21.8. The summed E-state index contributed by atoms with van der Waals surface area (Å²) >= 11 is 2.80. The third kappa shape index (κ3) is 5.07. The van der Waals surface area contributed by atoms with Gasteiger partial charge in [0.25, 0.3) is 5.91 Å². The van der Waals surface area contributed by atoms with E-state index in [0.717, 1.165) is 9.90 Å². The highest BCUT2D eigenvalue weighted by Gasteiger charge is 2.31. The van der Waals surface area contributed by atoms with Gasteiger partial charge in [-0.3, -0.25) is 9.59 Å². The lowest BCUT2D eigenvalue weighted by Crippen LogP contribution is -2.45. The maximum atomic E-state index is 12.5. The predicted molar refractivity (Wildman–Crippen MR) is 123 cm³/mol. The SMILES string of the molecule is CC1Oc2ccccc2N(CCC(=O)Nc2nnc(SCc3ccc(C#N)cc3)s2)C1=O. The van der Waals surface area contributed by atoms with Crippen LogP contribution in [0.4, 0.5) is 10.8 Å². The molecule has 2 heterocycles. The van der Waals surface area contributed by atoms with Crippen molar-refractivity contribution in [2.75, 3.05) is 16.8 Å². The van der Waals surface area contributed by atoms with E-state index >= 15 is 0 Å². The van der Waals surface area contributed by atoms with Crippen LogP contribution in [-0.2, 0) is 15.3 Å². The number of ether oxygens (including phenoxy) is 1. The molecule has 1 aliphatic rings. The Morgan fingerprint density at radius 3 is 2.81 bits per heavy atom. The molecule has 162 valence electrons. The number of aromatic nitrogens is 2. The number of nitrogens with one attached hydrogen (secondary N) is 1. The molecule has 32 heavy (non-hydrogen) atoms. The molecule has 0 aliphatic carbocycles. The Kier molecular flexibility index (Phi) is 6.68. The van der Waals surface area contributed by atoms with Crippen molar-refractivity contribution in [2.24, 2.45) is 0 Å². The van der Waals surface area contributed by atoms with Gasteiger partial charge in [0.1, 0.15) is 5.75 Å². The van der Waals surface area contributed by atoms with Gasteiger partial charge in [-0.15, -0.1) is 10.2 Å². The van der Waals surface area contributed by atoms with Crippen molar-refractivity contribution in [3.63, 3.8) is 0 Å². The van der Waals surface area contributed by atoms with E-state index in [1.165, 1.54) is 23.1 Å². The monoisotopic (exact) mass is 465 g/mol. The van der Waals surface area contributed by atoms with E-state index in [1.54, 1.807) is 30.0 Å². The molecule has 1 unspecified atom stereocenters. The highest BCUT2D eigenvalue weighted by atomic mass is 32.2. The summed E-state index contributed by atoms with van der Waals surface area (Å²) in [5, 5.41) is 20.2. The highest BCUT2D eigenvalue weighted by Crippen LogP contribution is 2.34. The summed E-state index contributed by atoms with van der Waals surface area (Å²) in [6.07, 6.45) is -0.466. The first-order chi connectivity index (χ1) is 15.5. The molecule has 0 fully saturated rings. The Hall–Kier alpha value is -3.42. The van der Waals surface area contributed by atoms with Gasteiger partial charge < -0.3 is 15.0 Å². The number of para-hydroxylation sites is 2. The van der Waals surface area contributed by atoms with Crippen LogP contribution in [0.5, 0.6) is 5.75 Å². The van der Waals surface area contributed by atoms with Crippen molar-refractivity contribution in [2.45, 2.75) is 29.5 Å². The standard InChI is InChI=1S/C22H19N5O3S2/c1-14-20(29)27(17-4-2-3-5-18(17)30-14)11-10-19(28)24-21-25-26-22(32-21)31-13-16-8-6-15(12-23)7-9-16/h2-9,14H,10-11,13H2,1H3,(H,24,25,28). The molecule has 4 rings (SSSR count). The lowest BCUT2D eigenvalue weighted by atomic mass is 10.1. The van der Waals surface area contributed by atoms with Gasteiger partial charge in [0.15, 0.2) is 10.4 Å². The van der Waals surface area contributed by atoms with Gasteiger partial charge in [-0.25, -0.2) is 0 Å². The van der Waals surface area contributed by atoms with Crippen molar-refractivity contribution >= 4 is 45.7 Å². The number of hydrogen-bond acceptors (Lipinski definition) is 8. The van der Waals surface area contributed by atoms with Crippen molar-refractivity contribution in [1.82, 2.24) is 10.2 Å². The number of thioether (sulfide) groups is 1. The second-order valence-corrected chi connectivity index (χ2v) is 9.19. The lowest BCUT2D eigenvalue weighted by molar-refractivity contribution is -0.125. The lowest BCUT2D eigenvalue weighted by Gasteiger charge is -2.32. The second-order valence-electron chi connectivity index (χ2n) is 6.99. The van der Waals surface area contributed by atoms with Gasteiger partial charge in [-0.05, 0) is 36.8 Å². The molecule has 0 saturated carbocycles. The summed E-state index contributed by atoms with van der Waals surface area (Å²) < 4.78 is 6.35. The van der Waals surface area contributed by atoms with Gasteiger partial charge in [0.2, 0.25) is 11.0 Å². The Labute approximate surface area is 193 Å².